The number of nitrogens with one attached hydrogen (secondary N) is 2. The highest BCUT2D eigenvalue weighted by atomic mass is 79.9. The Kier molecular flexibility index (Phi) is 4.00. The van der Waals surface area contributed by atoms with E-state index < -0.39 is 0 Å². The van der Waals surface area contributed by atoms with Gasteiger partial charge in [-0.05, 0) is 56.0 Å². The number of carbonyl (C=O) groups excluding carboxylic acids is 1. The van der Waals surface area contributed by atoms with Gasteiger partial charge in [0.15, 0.2) is 5.84 Å². The number of carbonyl (C=O) groups is 1. The monoisotopic (exact) mass is 392 g/mol. The molecule has 6 nitrogen and oxygen atoms in total. The molecule has 1 fully saturated rings. The van der Waals surface area contributed by atoms with Crippen molar-refractivity contribution < 1.29 is 9.53 Å². The third-order valence-corrected chi connectivity index (χ3v) is 5.91. The van der Waals surface area contributed by atoms with E-state index in [9.17, 15) is 4.79 Å². The minimum atomic E-state index is -0.292. The van der Waals surface area contributed by atoms with E-state index in [1.165, 1.54) is 5.56 Å². The maximum atomic E-state index is 12.0. The first-order valence-corrected chi connectivity index (χ1v) is 9.18. The zero-order chi connectivity index (χ0) is 16.8. The zero-order valence-corrected chi connectivity index (χ0v) is 15.4. The van der Waals surface area contributed by atoms with E-state index in [2.05, 4.69) is 44.8 Å². The van der Waals surface area contributed by atoms with Crippen LogP contribution in [-0.4, -0.2) is 37.5 Å². The number of amidine groups is 1. The molecule has 7 heteroatoms. The van der Waals surface area contributed by atoms with Gasteiger partial charge in [0.2, 0.25) is 0 Å². The number of rotatable bonds is 1. The van der Waals surface area contributed by atoms with E-state index >= 15 is 0 Å². The number of amides is 1. The second-order valence-corrected chi connectivity index (χ2v) is 7.61. The summed E-state index contributed by atoms with van der Waals surface area (Å²) < 4.78 is 6.94. The first kappa shape index (κ1) is 15.9. The standard InChI is InChI=1S/C17H21BrN4O2/c1-9-7-19-4-3-11(9)12-5-14-15(6-13(12)18)24-8-16-20-21-17(23)10(2)22(14)16/h5-6,9-11,19H,3-4,7-8H2,1-2H3,(H,21,23)/t9-,10+,11+/m0/s1. The number of hydrogen-bond acceptors (Lipinski definition) is 5. The van der Waals surface area contributed by atoms with Gasteiger partial charge in [-0.25, -0.2) is 5.43 Å². The number of hydrogen-bond donors (Lipinski definition) is 2. The van der Waals surface area contributed by atoms with E-state index in [1.807, 2.05) is 17.9 Å². The van der Waals surface area contributed by atoms with Crippen LogP contribution in [0.1, 0.15) is 31.7 Å². The van der Waals surface area contributed by atoms with Crippen molar-refractivity contribution in [2.75, 3.05) is 24.6 Å². The zero-order valence-electron chi connectivity index (χ0n) is 13.8. The van der Waals surface area contributed by atoms with Crippen LogP contribution >= 0.6 is 15.9 Å². The summed E-state index contributed by atoms with van der Waals surface area (Å²) >= 11 is 3.72. The molecular weight excluding hydrogens is 372 g/mol. The van der Waals surface area contributed by atoms with Crippen LogP contribution in [-0.2, 0) is 4.79 Å². The minimum Gasteiger partial charge on any atom is -0.483 e. The molecule has 0 spiro atoms. The van der Waals surface area contributed by atoms with E-state index in [1.54, 1.807) is 0 Å². The van der Waals surface area contributed by atoms with E-state index in [0.29, 0.717) is 18.4 Å². The average molecular weight is 393 g/mol. The number of halogens is 1. The third kappa shape index (κ3) is 2.50. The molecule has 1 saturated heterocycles. The van der Waals surface area contributed by atoms with Crippen molar-refractivity contribution in [3.63, 3.8) is 0 Å². The summed E-state index contributed by atoms with van der Waals surface area (Å²) in [4.78, 5) is 14.0. The fourth-order valence-corrected chi connectivity index (χ4v) is 4.44. The Labute approximate surface area is 149 Å². The molecule has 0 bridgehead atoms. The molecule has 0 saturated carbocycles. The lowest BCUT2D eigenvalue weighted by molar-refractivity contribution is -0.122. The van der Waals surface area contributed by atoms with Gasteiger partial charge >= 0.3 is 0 Å². The largest absolute Gasteiger partial charge is 0.483 e. The molecule has 4 rings (SSSR count). The quantitative estimate of drug-likeness (QED) is 0.768. The Balaban J connectivity index is 1.79. The highest BCUT2D eigenvalue weighted by molar-refractivity contribution is 9.10. The molecule has 3 aliphatic heterocycles. The van der Waals surface area contributed by atoms with Crippen molar-refractivity contribution in [1.82, 2.24) is 10.7 Å². The molecule has 3 aliphatic rings. The fraction of sp³-hybridized carbons (Fsp3) is 0.529. The number of hydrazone groups is 1. The summed E-state index contributed by atoms with van der Waals surface area (Å²) in [6, 6.07) is 3.92. The molecule has 3 atom stereocenters. The molecule has 24 heavy (non-hydrogen) atoms. The van der Waals surface area contributed by atoms with Crippen molar-refractivity contribution in [2.24, 2.45) is 11.0 Å². The summed E-state index contributed by atoms with van der Waals surface area (Å²) in [5, 5.41) is 7.61. The normalized spacial score (nSPS) is 29.1. The Morgan fingerprint density at radius 1 is 1.38 bits per heavy atom. The van der Waals surface area contributed by atoms with Crippen LogP contribution in [0.15, 0.2) is 21.7 Å². The topological polar surface area (TPSA) is 66.0 Å². The molecular formula is C17H21BrN4O2. The lowest BCUT2D eigenvalue weighted by Crippen LogP contribution is -2.55. The van der Waals surface area contributed by atoms with Crippen molar-refractivity contribution >= 4 is 33.4 Å². The molecule has 0 unspecified atom stereocenters. The maximum Gasteiger partial charge on any atom is 0.262 e. The molecule has 3 heterocycles. The van der Waals surface area contributed by atoms with Gasteiger partial charge in [0.25, 0.3) is 5.91 Å². The summed E-state index contributed by atoms with van der Waals surface area (Å²) in [5.74, 6) is 2.51. The number of piperidine rings is 1. The fourth-order valence-electron chi connectivity index (χ4n) is 3.82. The Morgan fingerprint density at radius 2 is 2.21 bits per heavy atom. The van der Waals surface area contributed by atoms with Gasteiger partial charge in [-0.15, -0.1) is 0 Å². The molecule has 128 valence electrons. The molecule has 1 aromatic carbocycles. The number of fused-ring (bicyclic) bond motifs is 3. The van der Waals surface area contributed by atoms with Crippen LogP contribution in [0.3, 0.4) is 0 Å². The van der Waals surface area contributed by atoms with Crippen LogP contribution in [0, 0.1) is 5.92 Å². The number of anilines is 1. The number of ether oxygens (including phenoxy) is 1. The molecule has 1 aromatic rings. The number of benzene rings is 1. The summed E-state index contributed by atoms with van der Waals surface area (Å²) in [5.41, 5.74) is 4.79. The Hall–Kier alpha value is -1.60. The van der Waals surface area contributed by atoms with Gasteiger partial charge in [-0.2, -0.15) is 5.10 Å². The Morgan fingerprint density at radius 3 is 3.00 bits per heavy atom. The average Bonchev–Trinajstić information content (AvgIpc) is 2.58. The third-order valence-electron chi connectivity index (χ3n) is 5.22. The molecule has 1 amide bonds. The van der Waals surface area contributed by atoms with Crippen LogP contribution in [0.4, 0.5) is 5.69 Å². The predicted molar refractivity (Wildman–Crippen MR) is 96.5 cm³/mol. The molecule has 2 N–H and O–H groups in total. The van der Waals surface area contributed by atoms with Gasteiger partial charge in [0.05, 0.1) is 5.69 Å². The van der Waals surface area contributed by atoms with E-state index in [0.717, 1.165) is 41.3 Å². The first-order chi connectivity index (χ1) is 11.6. The smallest absolute Gasteiger partial charge is 0.262 e. The van der Waals surface area contributed by atoms with Crippen LogP contribution in [0.25, 0.3) is 0 Å². The van der Waals surface area contributed by atoms with Crippen molar-refractivity contribution in [2.45, 2.75) is 32.2 Å². The highest BCUT2D eigenvalue weighted by Gasteiger charge is 2.36. The van der Waals surface area contributed by atoms with Crippen LogP contribution in [0.5, 0.6) is 5.75 Å². The molecule has 0 aliphatic carbocycles. The lowest BCUT2D eigenvalue weighted by Gasteiger charge is -2.39. The van der Waals surface area contributed by atoms with Crippen molar-refractivity contribution in [1.29, 1.82) is 0 Å². The summed E-state index contributed by atoms with van der Waals surface area (Å²) in [6.07, 6.45) is 1.11. The maximum absolute atomic E-state index is 12.0. The van der Waals surface area contributed by atoms with E-state index in [-0.39, 0.29) is 11.9 Å². The SMILES string of the molecule is C[C@@H]1C(=O)NN=C2COc3cc(Br)c([C@@H]4CCNC[C@@H]4C)cc3N21. The Bertz CT molecular complexity index is 721. The van der Waals surface area contributed by atoms with Gasteiger partial charge < -0.3 is 15.0 Å². The molecule has 0 radical (unpaired) electrons. The van der Waals surface area contributed by atoms with Crippen molar-refractivity contribution in [3.05, 3.63) is 22.2 Å². The van der Waals surface area contributed by atoms with Crippen LogP contribution < -0.4 is 20.4 Å². The van der Waals surface area contributed by atoms with Gasteiger partial charge in [0, 0.05) is 4.47 Å². The second-order valence-electron chi connectivity index (χ2n) is 6.76. The van der Waals surface area contributed by atoms with Gasteiger partial charge in [-0.1, -0.05) is 22.9 Å². The van der Waals surface area contributed by atoms with E-state index in [4.69, 9.17) is 4.74 Å². The van der Waals surface area contributed by atoms with Crippen LogP contribution in [0.2, 0.25) is 0 Å². The van der Waals surface area contributed by atoms with Gasteiger partial charge in [0.1, 0.15) is 18.4 Å². The summed E-state index contributed by atoms with van der Waals surface area (Å²) in [6.45, 7) is 6.61. The van der Waals surface area contributed by atoms with Crippen molar-refractivity contribution in [3.8, 4) is 5.75 Å². The summed E-state index contributed by atoms with van der Waals surface area (Å²) in [7, 11) is 0. The highest BCUT2D eigenvalue weighted by Crippen LogP contribution is 2.43. The first-order valence-electron chi connectivity index (χ1n) is 8.39. The molecule has 0 aromatic heterocycles. The predicted octanol–water partition coefficient (Wildman–Crippen LogP) is 2.19. The number of nitrogens with zero attached hydrogens (tertiary/aromatic N) is 2. The second kappa shape index (κ2) is 6.04. The lowest BCUT2D eigenvalue weighted by atomic mass is 9.82. The minimum absolute atomic E-state index is 0.0914. The van der Waals surface area contributed by atoms with Gasteiger partial charge in [-0.3, -0.25) is 4.79 Å².